The highest BCUT2D eigenvalue weighted by molar-refractivity contribution is 14.1. The average Bonchev–Trinajstić information content (AvgIpc) is 2.50. The molecule has 3 nitrogen and oxygen atoms in total. The SMILES string of the molecule is Cc1ccc(N2CC(O)CC2=O)cc1I. The summed E-state index contributed by atoms with van der Waals surface area (Å²) in [7, 11) is 0. The van der Waals surface area contributed by atoms with Crippen LogP contribution < -0.4 is 4.90 Å². The van der Waals surface area contributed by atoms with Crippen molar-refractivity contribution >= 4 is 34.2 Å². The molecule has 0 aliphatic carbocycles. The van der Waals surface area contributed by atoms with Gasteiger partial charge in [-0.1, -0.05) is 6.07 Å². The third-order valence-electron chi connectivity index (χ3n) is 2.57. The van der Waals surface area contributed by atoms with E-state index >= 15 is 0 Å². The molecule has 1 N–H and O–H groups in total. The van der Waals surface area contributed by atoms with Crippen molar-refractivity contribution in [2.45, 2.75) is 19.4 Å². The highest BCUT2D eigenvalue weighted by atomic mass is 127. The van der Waals surface area contributed by atoms with Gasteiger partial charge in [0.2, 0.25) is 5.91 Å². The topological polar surface area (TPSA) is 40.5 Å². The Morgan fingerprint density at radius 2 is 2.27 bits per heavy atom. The van der Waals surface area contributed by atoms with Gasteiger partial charge in [0.05, 0.1) is 19.1 Å². The highest BCUT2D eigenvalue weighted by Crippen LogP contribution is 2.24. The first-order chi connectivity index (χ1) is 7.08. The first-order valence-electron chi connectivity index (χ1n) is 4.82. The molecule has 0 bridgehead atoms. The number of benzene rings is 1. The number of halogens is 1. The van der Waals surface area contributed by atoms with E-state index in [4.69, 9.17) is 0 Å². The molecule has 1 unspecified atom stereocenters. The zero-order valence-corrected chi connectivity index (χ0v) is 10.6. The van der Waals surface area contributed by atoms with Gasteiger partial charge in [0.25, 0.3) is 0 Å². The van der Waals surface area contributed by atoms with Crippen LogP contribution in [0.15, 0.2) is 18.2 Å². The van der Waals surface area contributed by atoms with Crippen LogP contribution in [0.5, 0.6) is 0 Å². The van der Waals surface area contributed by atoms with Crippen molar-refractivity contribution < 1.29 is 9.90 Å². The molecule has 0 radical (unpaired) electrons. The van der Waals surface area contributed by atoms with E-state index in [1.165, 1.54) is 5.56 Å². The van der Waals surface area contributed by atoms with Gasteiger partial charge in [0.15, 0.2) is 0 Å². The lowest BCUT2D eigenvalue weighted by molar-refractivity contribution is -0.117. The lowest BCUT2D eigenvalue weighted by Crippen LogP contribution is -2.25. The summed E-state index contributed by atoms with van der Waals surface area (Å²) in [5.74, 6) is 0.00199. The molecule has 0 spiro atoms. The summed E-state index contributed by atoms with van der Waals surface area (Å²) in [6.07, 6.45) is -0.277. The molecule has 1 aliphatic heterocycles. The van der Waals surface area contributed by atoms with Gasteiger partial charge in [-0.3, -0.25) is 4.79 Å². The Labute approximate surface area is 102 Å². The number of nitrogens with zero attached hydrogens (tertiary/aromatic N) is 1. The van der Waals surface area contributed by atoms with Crippen molar-refractivity contribution in [3.8, 4) is 0 Å². The lowest BCUT2D eigenvalue weighted by atomic mass is 10.2. The third kappa shape index (κ3) is 2.15. The fourth-order valence-corrected chi connectivity index (χ4v) is 2.19. The van der Waals surface area contributed by atoms with Crippen molar-refractivity contribution in [2.24, 2.45) is 0 Å². The molecule has 1 aromatic carbocycles. The Bertz CT molecular complexity index is 406. The van der Waals surface area contributed by atoms with Crippen molar-refractivity contribution in [1.82, 2.24) is 0 Å². The van der Waals surface area contributed by atoms with Crippen LogP contribution in [0.2, 0.25) is 0 Å². The summed E-state index contributed by atoms with van der Waals surface area (Å²) in [5, 5.41) is 9.39. The Morgan fingerprint density at radius 1 is 1.53 bits per heavy atom. The summed E-state index contributed by atoms with van der Waals surface area (Å²) in [4.78, 5) is 13.2. The average molecular weight is 317 g/mol. The molecule has 4 heteroatoms. The smallest absolute Gasteiger partial charge is 0.229 e. The Morgan fingerprint density at radius 3 is 2.80 bits per heavy atom. The van der Waals surface area contributed by atoms with Gasteiger partial charge >= 0.3 is 0 Å². The van der Waals surface area contributed by atoms with Crippen molar-refractivity contribution in [2.75, 3.05) is 11.4 Å². The molecule has 0 saturated carbocycles. The molecule has 1 heterocycles. The first-order valence-corrected chi connectivity index (χ1v) is 5.90. The number of aliphatic hydroxyl groups is 1. The van der Waals surface area contributed by atoms with E-state index in [2.05, 4.69) is 22.6 Å². The van der Waals surface area contributed by atoms with Gasteiger partial charge in [0, 0.05) is 9.26 Å². The Hall–Kier alpha value is -0.620. The van der Waals surface area contributed by atoms with Gasteiger partial charge in [-0.2, -0.15) is 0 Å². The monoisotopic (exact) mass is 317 g/mol. The van der Waals surface area contributed by atoms with Crippen LogP contribution in [0.4, 0.5) is 5.69 Å². The van der Waals surface area contributed by atoms with Crippen LogP contribution in [-0.4, -0.2) is 23.7 Å². The van der Waals surface area contributed by atoms with Crippen LogP contribution in [0, 0.1) is 10.5 Å². The van der Waals surface area contributed by atoms with Crippen LogP contribution >= 0.6 is 22.6 Å². The van der Waals surface area contributed by atoms with Gasteiger partial charge in [0.1, 0.15) is 0 Å². The normalized spacial score (nSPS) is 21.1. The molecular formula is C11H12INO2. The maximum Gasteiger partial charge on any atom is 0.229 e. The van der Waals surface area contributed by atoms with Gasteiger partial charge < -0.3 is 10.0 Å². The van der Waals surface area contributed by atoms with E-state index in [1.54, 1.807) is 4.90 Å². The molecule has 0 aromatic heterocycles. The Balaban J connectivity index is 2.30. The first kappa shape index (κ1) is 10.9. The molecular weight excluding hydrogens is 305 g/mol. The number of carbonyl (C=O) groups excluding carboxylic acids is 1. The predicted molar refractivity (Wildman–Crippen MR) is 66.9 cm³/mol. The van der Waals surface area contributed by atoms with Crippen molar-refractivity contribution in [3.05, 3.63) is 27.3 Å². The summed E-state index contributed by atoms with van der Waals surface area (Å²) >= 11 is 2.25. The summed E-state index contributed by atoms with van der Waals surface area (Å²) in [5.41, 5.74) is 2.08. The van der Waals surface area contributed by atoms with Crippen LogP contribution in [0.1, 0.15) is 12.0 Å². The van der Waals surface area contributed by atoms with Crippen molar-refractivity contribution in [1.29, 1.82) is 0 Å². The maximum atomic E-state index is 11.5. The zero-order chi connectivity index (χ0) is 11.0. The van der Waals surface area contributed by atoms with E-state index in [1.807, 2.05) is 25.1 Å². The number of aliphatic hydroxyl groups excluding tert-OH is 1. The second-order valence-electron chi connectivity index (χ2n) is 3.80. The number of amides is 1. The summed E-state index contributed by atoms with van der Waals surface area (Å²) in [6, 6.07) is 5.90. The fraction of sp³-hybridized carbons (Fsp3) is 0.364. The molecule has 15 heavy (non-hydrogen) atoms. The van der Waals surface area contributed by atoms with Gasteiger partial charge in [-0.15, -0.1) is 0 Å². The second-order valence-corrected chi connectivity index (χ2v) is 4.96. The zero-order valence-electron chi connectivity index (χ0n) is 8.40. The van der Waals surface area contributed by atoms with Crippen molar-refractivity contribution in [3.63, 3.8) is 0 Å². The number of carbonyl (C=O) groups is 1. The number of hydrogen-bond acceptors (Lipinski definition) is 2. The van der Waals surface area contributed by atoms with Gasteiger partial charge in [-0.25, -0.2) is 0 Å². The molecule has 2 rings (SSSR count). The van der Waals surface area contributed by atoms with Crippen LogP contribution in [-0.2, 0) is 4.79 Å². The minimum atomic E-state index is -0.517. The maximum absolute atomic E-state index is 11.5. The number of anilines is 1. The van der Waals surface area contributed by atoms with Gasteiger partial charge in [-0.05, 0) is 47.2 Å². The highest BCUT2D eigenvalue weighted by Gasteiger charge is 2.29. The van der Waals surface area contributed by atoms with E-state index in [9.17, 15) is 9.90 Å². The minimum Gasteiger partial charge on any atom is -0.391 e. The second kappa shape index (κ2) is 4.09. The Kier molecular flexibility index (Phi) is 2.97. The van der Waals surface area contributed by atoms with E-state index in [0.29, 0.717) is 6.54 Å². The molecule has 1 saturated heterocycles. The molecule has 1 fully saturated rings. The van der Waals surface area contributed by atoms with E-state index in [-0.39, 0.29) is 12.3 Å². The minimum absolute atomic E-state index is 0.00199. The molecule has 1 aliphatic rings. The van der Waals surface area contributed by atoms with Crippen LogP contribution in [0.25, 0.3) is 0 Å². The molecule has 80 valence electrons. The van der Waals surface area contributed by atoms with E-state index < -0.39 is 6.10 Å². The van der Waals surface area contributed by atoms with E-state index in [0.717, 1.165) is 9.26 Å². The summed E-state index contributed by atoms with van der Waals surface area (Å²) in [6.45, 7) is 2.45. The fourth-order valence-electron chi connectivity index (χ4n) is 1.69. The standard InChI is InChI=1S/C11H12INO2/c1-7-2-3-8(4-10(7)12)13-6-9(14)5-11(13)15/h2-4,9,14H,5-6H2,1H3. The number of rotatable bonds is 1. The molecule has 1 aromatic rings. The largest absolute Gasteiger partial charge is 0.391 e. The summed E-state index contributed by atoms with van der Waals surface area (Å²) < 4.78 is 1.14. The number of aryl methyl sites for hydroxylation is 1. The lowest BCUT2D eigenvalue weighted by Gasteiger charge is -2.16. The third-order valence-corrected chi connectivity index (χ3v) is 3.73. The quantitative estimate of drug-likeness (QED) is 0.801. The molecule has 1 amide bonds. The van der Waals surface area contributed by atoms with Crippen LogP contribution in [0.3, 0.4) is 0 Å². The number of hydrogen-bond donors (Lipinski definition) is 1. The number of β-amino-alcohol motifs (C(OH)–C–C–N with tert-alkyl or cyclic N) is 1. The molecule has 1 atom stereocenters. The predicted octanol–water partition coefficient (Wildman–Crippen LogP) is 1.70.